The van der Waals surface area contributed by atoms with Crippen molar-refractivity contribution in [2.45, 2.75) is 44.8 Å². The predicted molar refractivity (Wildman–Crippen MR) is 89.8 cm³/mol. The van der Waals surface area contributed by atoms with Gasteiger partial charge in [0.15, 0.2) is 12.4 Å². The summed E-state index contributed by atoms with van der Waals surface area (Å²) in [6.07, 6.45) is 4.57. The molecule has 0 aliphatic heterocycles. The smallest absolute Gasteiger partial charge is 0.260 e. The predicted octanol–water partition coefficient (Wildman–Crippen LogP) is 3.48. The zero-order chi connectivity index (χ0) is 16.2. The quantitative estimate of drug-likeness (QED) is 0.860. The molecule has 1 aliphatic rings. The third kappa shape index (κ3) is 3.36. The number of aldehydes is 1. The number of benzene rings is 2. The Morgan fingerprint density at radius 1 is 1.22 bits per heavy atom. The van der Waals surface area contributed by atoms with E-state index in [1.807, 2.05) is 30.3 Å². The highest BCUT2D eigenvalue weighted by Gasteiger charge is 2.22. The van der Waals surface area contributed by atoms with E-state index in [9.17, 15) is 9.59 Å². The van der Waals surface area contributed by atoms with E-state index in [4.69, 9.17) is 4.74 Å². The van der Waals surface area contributed by atoms with E-state index in [2.05, 4.69) is 5.32 Å². The highest BCUT2D eigenvalue weighted by molar-refractivity contribution is 6.00. The van der Waals surface area contributed by atoms with Gasteiger partial charge >= 0.3 is 0 Å². The SMILES string of the molecule is C[C@H](Oc1ccc2ccccc2c1C=O)C(=O)NC1CCCC1. The monoisotopic (exact) mass is 311 g/mol. The van der Waals surface area contributed by atoms with Crippen LogP contribution < -0.4 is 10.1 Å². The average Bonchev–Trinajstić information content (AvgIpc) is 3.07. The summed E-state index contributed by atoms with van der Waals surface area (Å²) in [6.45, 7) is 1.72. The number of fused-ring (bicyclic) bond motifs is 1. The number of hydrogen-bond acceptors (Lipinski definition) is 3. The maximum absolute atomic E-state index is 12.2. The molecule has 4 nitrogen and oxygen atoms in total. The lowest BCUT2D eigenvalue weighted by Gasteiger charge is -2.19. The Morgan fingerprint density at radius 2 is 1.96 bits per heavy atom. The first-order valence-corrected chi connectivity index (χ1v) is 8.13. The number of hydrogen-bond donors (Lipinski definition) is 1. The van der Waals surface area contributed by atoms with Gasteiger partial charge in [-0.25, -0.2) is 0 Å². The summed E-state index contributed by atoms with van der Waals surface area (Å²) in [5.41, 5.74) is 0.489. The van der Waals surface area contributed by atoms with E-state index in [0.717, 1.165) is 29.9 Å². The standard InChI is InChI=1S/C19H21NO3/c1-13(19(22)20-15-7-3-4-8-15)23-18-11-10-14-6-2-5-9-16(14)17(18)12-21/h2,5-6,9-13,15H,3-4,7-8H2,1H3,(H,20,22)/t13-/m0/s1. The Balaban J connectivity index is 1.77. The number of carbonyl (C=O) groups is 2. The molecule has 0 heterocycles. The van der Waals surface area contributed by atoms with Gasteiger partial charge in [-0.05, 0) is 36.6 Å². The summed E-state index contributed by atoms with van der Waals surface area (Å²) in [5, 5.41) is 4.83. The lowest BCUT2D eigenvalue weighted by atomic mass is 10.0. The van der Waals surface area contributed by atoms with Crippen molar-refractivity contribution >= 4 is 23.0 Å². The molecule has 0 unspecified atom stereocenters. The maximum atomic E-state index is 12.2. The van der Waals surface area contributed by atoms with Gasteiger partial charge in [0.05, 0.1) is 5.56 Å². The molecule has 0 bridgehead atoms. The van der Waals surface area contributed by atoms with Crippen molar-refractivity contribution < 1.29 is 14.3 Å². The first-order chi connectivity index (χ1) is 11.2. The van der Waals surface area contributed by atoms with E-state index >= 15 is 0 Å². The second-order valence-corrected chi connectivity index (χ2v) is 6.07. The fraction of sp³-hybridized carbons (Fsp3) is 0.368. The minimum Gasteiger partial charge on any atom is -0.480 e. The molecular weight excluding hydrogens is 290 g/mol. The van der Waals surface area contributed by atoms with Gasteiger partial charge in [0.1, 0.15) is 5.75 Å². The van der Waals surface area contributed by atoms with Crippen molar-refractivity contribution in [3.63, 3.8) is 0 Å². The Bertz CT molecular complexity index is 720. The number of rotatable bonds is 5. The van der Waals surface area contributed by atoms with Crippen LogP contribution in [0.1, 0.15) is 43.0 Å². The summed E-state index contributed by atoms with van der Waals surface area (Å²) in [5.74, 6) is 0.328. The molecule has 1 fully saturated rings. The van der Waals surface area contributed by atoms with Crippen LogP contribution in [0.3, 0.4) is 0 Å². The van der Waals surface area contributed by atoms with Crippen LogP contribution in [0.15, 0.2) is 36.4 Å². The van der Waals surface area contributed by atoms with Crippen molar-refractivity contribution in [3.8, 4) is 5.75 Å². The van der Waals surface area contributed by atoms with E-state index in [1.165, 1.54) is 12.8 Å². The molecule has 1 N–H and O–H groups in total. The number of amides is 1. The Hall–Kier alpha value is -2.36. The molecule has 2 aromatic rings. The molecule has 1 aliphatic carbocycles. The molecule has 1 saturated carbocycles. The van der Waals surface area contributed by atoms with Crippen molar-refractivity contribution in [2.75, 3.05) is 0 Å². The zero-order valence-electron chi connectivity index (χ0n) is 13.2. The fourth-order valence-electron chi connectivity index (χ4n) is 3.13. The molecular formula is C19H21NO3. The first-order valence-electron chi connectivity index (χ1n) is 8.13. The van der Waals surface area contributed by atoms with Crippen molar-refractivity contribution in [1.82, 2.24) is 5.32 Å². The summed E-state index contributed by atoms with van der Waals surface area (Å²) < 4.78 is 5.77. The lowest BCUT2D eigenvalue weighted by Crippen LogP contribution is -2.41. The minimum atomic E-state index is -0.629. The molecule has 0 radical (unpaired) electrons. The molecule has 23 heavy (non-hydrogen) atoms. The fourth-order valence-corrected chi connectivity index (χ4v) is 3.13. The van der Waals surface area contributed by atoms with Gasteiger partial charge in [-0.2, -0.15) is 0 Å². The number of carbonyl (C=O) groups excluding carboxylic acids is 2. The van der Waals surface area contributed by atoms with Crippen LogP contribution >= 0.6 is 0 Å². The largest absolute Gasteiger partial charge is 0.480 e. The topological polar surface area (TPSA) is 55.4 Å². The van der Waals surface area contributed by atoms with E-state index in [1.54, 1.807) is 13.0 Å². The molecule has 120 valence electrons. The van der Waals surface area contributed by atoms with Crippen LogP contribution in [0.25, 0.3) is 10.8 Å². The Kier molecular flexibility index (Phi) is 4.60. The number of ether oxygens (including phenoxy) is 1. The van der Waals surface area contributed by atoms with Crippen LogP contribution in [0, 0.1) is 0 Å². The van der Waals surface area contributed by atoms with Crippen LogP contribution in [-0.2, 0) is 4.79 Å². The third-order valence-corrected chi connectivity index (χ3v) is 4.42. The zero-order valence-corrected chi connectivity index (χ0v) is 13.2. The van der Waals surface area contributed by atoms with E-state index in [0.29, 0.717) is 11.3 Å². The molecule has 0 aromatic heterocycles. The maximum Gasteiger partial charge on any atom is 0.260 e. The molecule has 1 amide bonds. The average molecular weight is 311 g/mol. The van der Waals surface area contributed by atoms with Crippen LogP contribution in [-0.4, -0.2) is 24.3 Å². The van der Waals surface area contributed by atoms with E-state index < -0.39 is 6.10 Å². The Morgan fingerprint density at radius 3 is 2.70 bits per heavy atom. The van der Waals surface area contributed by atoms with Gasteiger partial charge in [-0.15, -0.1) is 0 Å². The highest BCUT2D eigenvalue weighted by atomic mass is 16.5. The van der Waals surface area contributed by atoms with Gasteiger partial charge in [-0.3, -0.25) is 9.59 Å². The van der Waals surface area contributed by atoms with Crippen molar-refractivity contribution in [1.29, 1.82) is 0 Å². The van der Waals surface area contributed by atoms with Crippen molar-refractivity contribution in [2.24, 2.45) is 0 Å². The van der Waals surface area contributed by atoms with Crippen LogP contribution in [0.5, 0.6) is 5.75 Å². The van der Waals surface area contributed by atoms with E-state index in [-0.39, 0.29) is 11.9 Å². The summed E-state index contributed by atoms with van der Waals surface area (Å²) in [6, 6.07) is 11.6. The highest BCUT2D eigenvalue weighted by Crippen LogP contribution is 2.27. The van der Waals surface area contributed by atoms with Gasteiger partial charge in [0.2, 0.25) is 0 Å². The van der Waals surface area contributed by atoms with Gasteiger partial charge in [0, 0.05) is 6.04 Å². The summed E-state index contributed by atoms with van der Waals surface area (Å²) >= 11 is 0. The lowest BCUT2D eigenvalue weighted by molar-refractivity contribution is -0.127. The first kappa shape index (κ1) is 15.5. The molecule has 2 aromatic carbocycles. The van der Waals surface area contributed by atoms with Gasteiger partial charge in [-0.1, -0.05) is 43.2 Å². The van der Waals surface area contributed by atoms with Crippen molar-refractivity contribution in [3.05, 3.63) is 42.0 Å². The second-order valence-electron chi connectivity index (χ2n) is 6.07. The van der Waals surface area contributed by atoms with Gasteiger partial charge < -0.3 is 10.1 Å². The van der Waals surface area contributed by atoms with Gasteiger partial charge in [0.25, 0.3) is 5.91 Å². The van der Waals surface area contributed by atoms with Crippen LogP contribution in [0.4, 0.5) is 0 Å². The normalized spacial score (nSPS) is 16.2. The molecule has 0 saturated heterocycles. The summed E-state index contributed by atoms with van der Waals surface area (Å²) in [4.78, 5) is 23.7. The molecule has 4 heteroatoms. The minimum absolute atomic E-state index is 0.123. The third-order valence-electron chi connectivity index (χ3n) is 4.42. The molecule has 0 spiro atoms. The second kappa shape index (κ2) is 6.82. The Labute approximate surface area is 135 Å². The molecule has 1 atom stereocenters. The summed E-state index contributed by atoms with van der Waals surface area (Å²) in [7, 11) is 0. The number of nitrogens with one attached hydrogen (secondary N) is 1. The van der Waals surface area contributed by atoms with Crippen LogP contribution in [0.2, 0.25) is 0 Å². The molecule has 3 rings (SSSR count).